The van der Waals surface area contributed by atoms with Gasteiger partial charge in [-0.15, -0.1) is 47.3 Å². The quantitative estimate of drug-likeness (QED) is 0.0374. The van der Waals surface area contributed by atoms with E-state index in [2.05, 4.69) is 279 Å². The second-order valence-corrected chi connectivity index (χ2v) is 30.0. The molecule has 0 aliphatic heterocycles. The molecule has 10 aromatic rings. The molecular weight excluding hydrogens is 1280 g/mol. The molecule has 462 valence electrons. The smallest absolute Gasteiger partial charge is 0.369 e. The number of ether oxygens (including phenoxy) is 1. The molecular formula is C81H92BBr3N2O2. The molecule has 0 bridgehead atoms. The van der Waals surface area contributed by atoms with Crippen LogP contribution in [0.15, 0.2) is 218 Å². The number of rotatable bonds is 29. The number of phenolic OH excluding ortho intramolecular Hbond substituents is 1. The van der Waals surface area contributed by atoms with Crippen LogP contribution in [0.5, 0.6) is 11.5 Å². The van der Waals surface area contributed by atoms with Gasteiger partial charge in [0.1, 0.15) is 11.5 Å². The summed E-state index contributed by atoms with van der Waals surface area (Å²) < 4.78 is 5.68. The zero-order valence-electron chi connectivity index (χ0n) is 53.4. The number of hydrogen-bond acceptors (Lipinski definition) is 4. The van der Waals surface area contributed by atoms with Gasteiger partial charge in [-0.05, 0) is 227 Å². The molecule has 0 spiro atoms. The number of aromatic hydroxyl groups is 1. The maximum atomic E-state index is 9.83. The van der Waals surface area contributed by atoms with Crippen molar-refractivity contribution in [1.82, 2.24) is 0 Å². The fraction of sp³-hybridized carbons (Fsp3) is 0.309. The van der Waals surface area contributed by atoms with Gasteiger partial charge in [0.05, 0.1) is 7.11 Å². The number of methoxy groups -OCH3 is 1. The third kappa shape index (κ3) is 21.3. The van der Waals surface area contributed by atoms with Gasteiger partial charge in [-0.3, -0.25) is 0 Å². The first-order valence-electron chi connectivity index (χ1n) is 33.0. The molecule has 0 aliphatic rings. The van der Waals surface area contributed by atoms with Gasteiger partial charge < -0.3 is 19.6 Å². The molecule has 0 atom stereocenters. The lowest BCUT2D eigenvalue weighted by Crippen LogP contribution is -2.10. The Morgan fingerprint density at radius 2 is 0.562 bits per heavy atom. The van der Waals surface area contributed by atoms with Crippen LogP contribution in [0.2, 0.25) is 0 Å². The van der Waals surface area contributed by atoms with Crippen molar-refractivity contribution in [2.75, 3.05) is 16.9 Å². The lowest BCUT2D eigenvalue weighted by Gasteiger charge is -2.26. The second kappa shape index (κ2) is 36.9. The number of halogens is 3. The van der Waals surface area contributed by atoms with E-state index < -0.39 is 0 Å². The van der Waals surface area contributed by atoms with Crippen molar-refractivity contribution in [3.63, 3.8) is 0 Å². The Morgan fingerprint density at radius 3 is 0.865 bits per heavy atom. The first-order chi connectivity index (χ1) is 43.5. The van der Waals surface area contributed by atoms with Gasteiger partial charge in [0.25, 0.3) is 0 Å². The number of fused-ring (bicyclic) bond motifs is 2. The average molecular weight is 1380 g/mol. The van der Waals surface area contributed by atoms with E-state index in [4.69, 9.17) is 4.74 Å². The molecule has 10 rings (SSSR count). The Bertz CT molecular complexity index is 3530. The highest BCUT2D eigenvalue weighted by Crippen LogP contribution is 2.39. The number of unbranched alkanes of at least 4 members (excludes halogenated alkanes) is 12. The van der Waals surface area contributed by atoms with Crippen molar-refractivity contribution in [3.05, 3.63) is 241 Å². The fourth-order valence-corrected chi connectivity index (χ4v) is 11.7. The molecule has 0 fully saturated rings. The van der Waals surface area contributed by atoms with Gasteiger partial charge in [-0.25, -0.2) is 0 Å². The largest absolute Gasteiger partial charge is 0.508 e. The van der Waals surface area contributed by atoms with Crippen LogP contribution in [-0.4, -0.2) is 15.4 Å². The van der Waals surface area contributed by atoms with E-state index in [-0.39, 0.29) is 3.18 Å². The summed E-state index contributed by atoms with van der Waals surface area (Å²) in [5.74, 6) is 1.19. The zero-order chi connectivity index (χ0) is 62.6. The first kappa shape index (κ1) is 68.3. The van der Waals surface area contributed by atoms with Crippen LogP contribution in [-0.2, 0) is 25.7 Å². The number of nitrogens with zero attached hydrogens (tertiary/aromatic N) is 2. The summed E-state index contributed by atoms with van der Waals surface area (Å²) in [6, 6.07) is 79.5. The van der Waals surface area contributed by atoms with Crippen LogP contribution < -0.4 is 14.5 Å². The maximum Gasteiger partial charge on any atom is 0.369 e. The van der Waals surface area contributed by atoms with Crippen LogP contribution in [0.3, 0.4) is 0 Å². The maximum absolute atomic E-state index is 9.83. The van der Waals surface area contributed by atoms with E-state index in [9.17, 15) is 5.11 Å². The Balaban J connectivity index is 0.000000217. The molecule has 8 heteroatoms. The molecule has 0 aromatic heterocycles. The summed E-state index contributed by atoms with van der Waals surface area (Å²) in [5, 5.41) is 14.4. The van der Waals surface area contributed by atoms with Crippen molar-refractivity contribution in [1.29, 1.82) is 0 Å². The molecule has 0 radical (unpaired) electrons. The molecule has 0 aliphatic carbocycles. The van der Waals surface area contributed by atoms with E-state index in [0.717, 1.165) is 47.9 Å². The topological polar surface area (TPSA) is 35.9 Å². The number of anilines is 6. The van der Waals surface area contributed by atoms with E-state index >= 15 is 0 Å². The number of hydrogen-bond donors (Lipinski definition) is 1. The number of phenols is 1. The van der Waals surface area contributed by atoms with Crippen LogP contribution in [0.1, 0.15) is 153 Å². The zero-order valence-corrected chi connectivity index (χ0v) is 58.1. The molecule has 4 nitrogen and oxygen atoms in total. The fourth-order valence-electron chi connectivity index (χ4n) is 11.7. The van der Waals surface area contributed by atoms with Crippen molar-refractivity contribution in [2.45, 2.75) is 156 Å². The minimum atomic E-state index is 0.271. The van der Waals surface area contributed by atoms with Crippen LogP contribution in [0.25, 0.3) is 43.8 Å². The number of benzene rings is 10. The summed E-state index contributed by atoms with van der Waals surface area (Å²) in [6.07, 6.45) is 25.3. The van der Waals surface area contributed by atoms with Crippen LogP contribution in [0.4, 0.5) is 34.1 Å². The Kier molecular flexibility index (Phi) is 28.4. The van der Waals surface area contributed by atoms with E-state index in [1.807, 2.05) is 18.2 Å². The lowest BCUT2D eigenvalue weighted by atomic mass is 10.0. The molecule has 0 saturated carbocycles. The molecule has 0 saturated heterocycles. The Labute approximate surface area is 559 Å². The first-order valence-corrected chi connectivity index (χ1v) is 35.7. The molecule has 0 heterocycles. The highest BCUT2D eigenvalue weighted by Gasteiger charge is 2.16. The molecule has 0 unspecified atom stereocenters. The number of aryl methyl sites for hydroxylation is 4. The van der Waals surface area contributed by atoms with Crippen molar-refractivity contribution in [2.24, 2.45) is 0 Å². The van der Waals surface area contributed by atoms with Gasteiger partial charge in [-0.1, -0.05) is 214 Å². The predicted molar refractivity (Wildman–Crippen MR) is 400 cm³/mol. The summed E-state index contributed by atoms with van der Waals surface area (Å²) in [6.45, 7) is 9.08. The third-order valence-corrected chi connectivity index (χ3v) is 16.8. The van der Waals surface area contributed by atoms with Crippen molar-refractivity contribution < 1.29 is 9.84 Å². The van der Waals surface area contributed by atoms with Gasteiger partial charge in [0.2, 0.25) is 0 Å². The molecule has 10 aromatic carbocycles. The highest BCUT2D eigenvalue weighted by atomic mass is 79.9. The van der Waals surface area contributed by atoms with E-state index in [1.54, 1.807) is 13.2 Å². The average Bonchev–Trinajstić information content (AvgIpc) is 1.96. The van der Waals surface area contributed by atoms with Gasteiger partial charge in [0.15, 0.2) is 0 Å². The van der Waals surface area contributed by atoms with Crippen molar-refractivity contribution >= 4 is 106 Å². The Morgan fingerprint density at radius 1 is 0.303 bits per heavy atom. The van der Waals surface area contributed by atoms with E-state index in [1.165, 1.54) is 186 Å². The lowest BCUT2D eigenvalue weighted by molar-refractivity contribution is 0.415. The standard InChI is InChI=1S/C41H47NO.C40H45NO.BBr3/c1-4-6-8-10-12-32-14-23-38(24-15-32)42(39-25-16-33(17-26-39)13-11-9-7-5-2)40-27-20-34(21-28-40)35-18-19-37-31-41(43-3)29-22-36(37)30-35;1-3-5-7-9-11-31-13-22-37(23-14-31)41(38-24-15-32(16-25-38)12-10-8-6-4-2)39-26-19-33(20-27-39)34-17-18-36-30-40(42)28-21-35(36)29-34;2-1(3)4/h14-31H,4-13H2,1-3H3;13-30,42H,3-12H2,1-2H3;. The Hall–Kier alpha value is -6.58. The minimum absolute atomic E-state index is 0.271. The normalized spacial score (nSPS) is 11.0. The second-order valence-electron chi connectivity index (χ2n) is 23.6. The summed E-state index contributed by atoms with van der Waals surface area (Å²) >= 11 is 9.31. The van der Waals surface area contributed by atoms with Crippen molar-refractivity contribution in [3.8, 4) is 33.8 Å². The third-order valence-electron chi connectivity index (χ3n) is 16.8. The predicted octanol–water partition coefficient (Wildman–Crippen LogP) is 26.3. The summed E-state index contributed by atoms with van der Waals surface area (Å²) in [4.78, 5) is 4.76. The summed E-state index contributed by atoms with van der Waals surface area (Å²) in [7, 11) is 1.71. The van der Waals surface area contributed by atoms with Gasteiger partial charge >= 0.3 is 3.18 Å². The highest BCUT2D eigenvalue weighted by molar-refractivity contribution is 9.69. The van der Waals surface area contributed by atoms with Gasteiger partial charge in [-0.2, -0.15) is 0 Å². The van der Waals surface area contributed by atoms with Crippen LogP contribution in [0, 0.1) is 0 Å². The molecule has 89 heavy (non-hydrogen) atoms. The van der Waals surface area contributed by atoms with Crippen LogP contribution >= 0.6 is 47.3 Å². The minimum Gasteiger partial charge on any atom is -0.508 e. The molecule has 0 amide bonds. The molecule has 1 N–H and O–H groups in total. The SMILES string of the molecule is BrB(Br)Br.CCCCCCc1ccc(N(c2ccc(CCCCCC)cc2)c2ccc(-c3ccc4cc(O)ccc4c3)cc2)cc1.CCCCCCc1ccc(N(c2ccc(CCCCCC)cc2)c2ccc(-c3ccc4cc(OC)ccc4c3)cc2)cc1. The monoisotopic (exact) mass is 1370 g/mol. The summed E-state index contributed by atoms with van der Waals surface area (Å²) in [5.41, 5.74) is 17.5. The van der Waals surface area contributed by atoms with Gasteiger partial charge in [0, 0.05) is 34.1 Å². The van der Waals surface area contributed by atoms with E-state index in [0.29, 0.717) is 5.75 Å².